The van der Waals surface area contributed by atoms with E-state index in [1.165, 1.54) is 13.0 Å². The Morgan fingerprint density at radius 1 is 1.19 bits per heavy atom. The number of benzene rings is 2. The van der Waals surface area contributed by atoms with Gasteiger partial charge in [-0.25, -0.2) is 9.38 Å². The van der Waals surface area contributed by atoms with Crippen LogP contribution in [0.4, 0.5) is 10.1 Å². The van der Waals surface area contributed by atoms with E-state index in [-0.39, 0.29) is 41.1 Å². The van der Waals surface area contributed by atoms with E-state index in [0.29, 0.717) is 30.5 Å². The average Bonchev–Trinajstić information content (AvgIpc) is 3.51. The van der Waals surface area contributed by atoms with Gasteiger partial charge in [-0.05, 0) is 49.1 Å². The molecule has 0 aromatic heterocycles. The second-order valence-corrected chi connectivity index (χ2v) is 7.52. The summed E-state index contributed by atoms with van der Waals surface area (Å²) < 4.78 is 19.5. The third kappa shape index (κ3) is 6.56. The van der Waals surface area contributed by atoms with E-state index in [2.05, 4.69) is 20.9 Å². The number of anilines is 1. The summed E-state index contributed by atoms with van der Waals surface area (Å²) in [5.41, 5.74) is 2.16. The number of nitrogens with one attached hydrogen (secondary N) is 3. The Kier molecular flexibility index (Phi) is 9.09. The van der Waals surface area contributed by atoms with Crippen LogP contribution < -0.4 is 20.7 Å². The molecule has 3 N–H and O–H groups in total. The fourth-order valence-electron chi connectivity index (χ4n) is 3.49. The molecule has 1 aliphatic carbocycles. The fourth-order valence-corrected chi connectivity index (χ4v) is 3.49. The molecular weight excluding hydrogens is 510 g/mol. The number of guanidine groups is 1. The molecule has 0 heterocycles. The van der Waals surface area contributed by atoms with Crippen molar-refractivity contribution >= 4 is 41.5 Å². The molecular formula is C23H30FIN4O2. The molecule has 0 bridgehead atoms. The average molecular weight is 540 g/mol. The van der Waals surface area contributed by atoms with Crippen molar-refractivity contribution in [3.05, 3.63) is 59.4 Å². The van der Waals surface area contributed by atoms with E-state index in [0.717, 1.165) is 30.5 Å². The number of hydrogen-bond acceptors (Lipinski definition) is 3. The predicted octanol–water partition coefficient (Wildman–Crippen LogP) is 4.20. The van der Waals surface area contributed by atoms with Crippen molar-refractivity contribution in [2.75, 3.05) is 25.5 Å². The van der Waals surface area contributed by atoms with Crippen molar-refractivity contribution in [3.8, 4) is 5.75 Å². The van der Waals surface area contributed by atoms with Crippen molar-refractivity contribution in [2.45, 2.75) is 38.6 Å². The Morgan fingerprint density at radius 3 is 2.55 bits per heavy atom. The van der Waals surface area contributed by atoms with Crippen LogP contribution in [0.1, 0.15) is 37.8 Å². The van der Waals surface area contributed by atoms with Crippen LogP contribution in [-0.2, 0) is 16.8 Å². The summed E-state index contributed by atoms with van der Waals surface area (Å²) in [6.07, 6.45) is 1.91. The Bertz CT molecular complexity index is 932. The number of methoxy groups -OCH3 is 1. The van der Waals surface area contributed by atoms with Crippen molar-refractivity contribution in [1.29, 1.82) is 0 Å². The molecule has 0 saturated heterocycles. The topological polar surface area (TPSA) is 74.8 Å². The molecule has 31 heavy (non-hydrogen) atoms. The van der Waals surface area contributed by atoms with Crippen LogP contribution in [0.25, 0.3) is 0 Å². The van der Waals surface area contributed by atoms with Gasteiger partial charge in [0.25, 0.3) is 0 Å². The number of nitrogens with zero attached hydrogens (tertiary/aromatic N) is 1. The monoisotopic (exact) mass is 540 g/mol. The van der Waals surface area contributed by atoms with Gasteiger partial charge in [0, 0.05) is 25.4 Å². The number of aliphatic imine (C=N–C) groups is 1. The van der Waals surface area contributed by atoms with Gasteiger partial charge in [-0.15, -0.1) is 24.0 Å². The summed E-state index contributed by atoms with van der Waals surface area (Å²) in [5.74, 6) is 0.967. The first-order valence-electron chi connectivity index (χ1n) is 10.2. The van der Waals surface area contributed by atoms with Gasteiger partial charge in [0.2, 0.25) is 5.91 Å². The number of hydrogen-bond donors (Lipinski definition) is 3. The fraction of sp³-hybridized carbons (Fsp3) is 0.391. The van der Waals surface area contributed by atoms with E-state index in [1.54, 1.807) is 13.2 Å². The highest BCUT2D eigenvalue weighted by atomic mass is 127. The maximum absolute atomic E-state index is 14.2. The van der Waals surface area contributed by atoms with Gasteiger partial charge < -0.3 is 20.7 Å². The number of halogens is 2. The summed E-state index contributed by atoms with van der Waals surface area (Å²) in [6, 6.07) is 12.6. The van der Waals surface area contributed by atoms with E-state index >= 15 is 0 Å². The number of rotatable bonds is 8. The molecule has 1 aliphatic rings. The summed E-state index contributed by atoms with van der Waals surface area (Å²) in [4.78, 5) is 16.1. The lowest BCUT2D eigenvalue weighted by atomic mass is 9.95. The Balaban J connectivity index is 0.00000341. The van der Waals surface area contributed by atoms with E-state index in [9.17, 15) is 9.18 Å². The van der Waals surface area contributed by atoms with Crippen LogP contribution in [0.15, 0.2) is 47.5 Å². The third-order valence-corrected chi connectivity index (χ3v) is 5.23. The minimum atomic E-state index is -0.166. The minimum Gasteiger partial charge on any atom is -0.495 e. The van der Waals surface area contributed by atoms with Crippen LogP contribution in [0.3, 0.4) is 0 Å². The quantitative estimate of drug-likeness (QED) is 0.267. The third-order valence-electron chi connectivity index (χ3n) is 5.23. The normalized spacial score (nSPS) is 14.3. The largest absolute Gasteiger partial charge is 0.495 e. The number of carbonyl (C=O) groups is 1. The highest BCUT2D eigenvalue weighted by Crippen LogP contribution is 2.48. The zero-order chi connectivity index (χ0) is 21.6. The molecule has 1 amide bonds. The molecule has 1 fully saturated rings. The van der Waals surface area contributed by atoms with Crippen LogP contribution in [0.5, 0.6) is 5.75 Å². The first kappa shape index (κ1) is 24.9. The van der Waals surface area contributed by atoms with Crippen LogP contribution in [0.2, 0.25) is 0 Å². The van der Waals surface area contributed by atoms with Crippen molar-refractivity contribution in [2.24, 2.45) is 4.99 Å². The zero-order valence-electron chi connectivity index (χ0n) is 18.1. The molecule has 0 aliphatic heterocycles. The van der Waals surface area contributed by atoms with Gasteiger partial charge in [0.1, 0.15) is 11.6 Å². The molecule has 6 nitrogen and oxygen atoms in total. The number of carbonyl (C=O) groups excluding carboxylic acids is 1. The van der Waals surface area contributed by atoms with E-state index in [1.807, 2.05) is 37.3 Å². The second kappa shape index (κ2) is 11.3. The van der Waals surface area contributed by atoms with Gasteiger partial charge in [0.15, 0.2) is 5.96 Å². The Labute approximate surface area is 200 Å². The van der Waals surface area contributed by atoms with E-state index < -0.39 is 0 Å². The molecule has 168 valence electrons. The molecule has 0 spiro atoms. The summed E-state index contributed by atoms with van der Waals surface area (Å²) in [6.45, 7) is 5.24. The summed E-state index contributed by atoms with van der Waals surface area (Å²) in [5, 5.41) is 9.38. The van der Waals surface area contributed by atoms with Crippen molar-refractivity contribution < 1.29 is 13.9 Å². The van der Waals surface area contributed by atoms with Crippen LogP contribution >= 0.6 is 24.0 Å². The molecule has 0 radical (unpaired) electrons. The first-order chi connectivity index (χ1) is 14.5. The molecule has 8 heteroatoms. The van der Waals surface area contributed by atoms with Gasteiger partial charge in [0.05, 0.1) is 19.3 Å². The summed E-state index contributed by atoms with van der Waals surface area (Å²) >= 11 is 0. The smallest absolute Gasteiger partial charge is 0.221 e. The lowest BCUT2D eigenvalue weighted by molar-refractivity contribution is -0.114. The van der Waals surface area contributed by atoms with Gasteiger partial charge >= 0.3 is 0 Å². The Hall–Kier alpha value is -2.36. The van der Waals surface area contributed by atoms with Gasteiger partial charge in [-0.2, -0.15) is 0 Å². The number of amides is 1. The highest BCUT2D eigenvalue weighted by molar-refractivity contribution is 14.0. The SMILES string of the molecule is CCNC(=NCc1ccc(OC)c(NC(C)=O)c1)NCC1(c2ccccc2F)CC1.I. The van der Waals surface area contributed by atoms with Crippen LogP contribution in [-0.4, -0.2) is 32.1 Å². The Morgan fingerprint density at radius 2 is 1.94 bits per heavy atom. The van der Waals surface area contributed by atoms with Gasteiger partial charge in [-0.1, -0.05) is 24.3 Å². The highest BCUT2D eigenvalue weighted by Gasteiger charge is 2.45. The molecule has 3 rings (SSSR count). The zero-order valence-corrected chi connectivity index (χ0v) is 20.5. The molecule has 0 unspecified atom stereocenters. The maximum atomic E-state index is 14.2. The van der Waals surface area contributed by atoms with Crippen LogP contribution in [0, 0.1) is 5.82 Å². The van der Waals surface area contributed by atoms with Crippen molar-refractivity contribution in [3.63, 3.8) is 0 Å². The standard InChI is InChI=1S/C23H29FN4O2.HI/c1-4-25-22(27-15-23(11-12-23)18-7-5-6-8-19(18)24)26-14-17-9-10-21(30-3)20(13-17)28-16(2)29;/h5-10,13H,4,11-12,14-15H2,1-3H3,(H,28,29)(H2,25,26,27);1H. The predicted molar refractivity (Wildman–Crippen MR) is 133 cm³/mol. The molecule has 1 saturated carbocycles. The molecule has 2 aromatic rings. The summed E-state index contributed by atoms with van der Waals surface area (Å²) in [7, 11) is 1.56. The lowest BCUT2D eigenvalue weighted by Gasteiger charge is -2.19. The second-order valence-electron chi connectivity index (χ2n) is 7.52. The van der Waals surface area contributed by atoms with E-state index in [4.69, 9.17) is 4.74 Å². The van der Waals surface area contributed by atoms with Gasteiger partial charge in [-0.3, -0.25) is 4.79 Å². The first-order valence-corrected chi connectivity index (χ1v) is 10.2. The number of ether oxygens (including phenoxy) is 1. The van der Waals surface area contributed by atoms with Crippen molar-refractivity contribution in [1.82, 2.24) is 10.6 Å². The lowest BCUT2D eigenvalue weighted by Crippen LogP contribution is -2.41. The minimum absolute atomic E-state index is 0. The maximum Gasteiger partial charge on any atom is 0.221 e. The molecule has 0 atom stereocenters. The molecule has 2 aromatic carbocycles.